The van der Waals surface area contributed by atoms with Gasteiger partial charge in [-0.25, -0.2) is 0 Å². The van der Waals surface area contributed by atoms with Crippen LogP contribution in [0.3, 0.4) is 0 Å². The number of benzene rings is 2. The van der Waals surface area contributed by atoms with Crippen LogP contribution in [0.1, 0.15) is 59.5 Å². The second-order valence-corrected chi connectivity index (χ2v) is 6.59. The first-order valence-corrected chi connectivity index (χ1v) is 8.69. The average molecular weight is 325 g/mol. The average Bonchev–Trinajstić information content (AvgIpc) is 2.61. The van der Waals surface area contributed by atoms with Gasteiger partial charge in [0.05, 0.1) is 5.02 Å². The maximum absolute atomic E-state index is 12.2. The Morgan fingerprint density at radius 3 is 2.35 bits per heavy atom. The first-order chi connectivity index (χ1) is 11.2. The van der Waals surface area contributed by atoms with E-state index in [0.717, 1.165) is 5.56 Å². The summed E-state index contributed by atoms with van der Waals surface area (Å²) in [5, 5.41) is 0.495. The Hall–Kier alpha value is -1.86. The number of halogens is 1. The van der Waals surface area contributed by atoms with Gasteiger partial charge in [0.1, 0.15) is 0 Å². The fraction of sp³-hybridized carbons (Fsp3) is 0.286. The zero-order valence-electron chi connectivity index (χ0n) is 13.2. The Morgan fingerprint density at radius 2 is 1.65 bits per heavy atom. The van der Waals surface area contributed by atoms with Crippen molar-refractivity contribution < 1.29 is 4.79 Å². The normalized spacial score (nSPS) is 15.9. The summed E-state index contributed by atoms with van der Waals surface area (Å²) in [7, 11) is 0. The van der Waals surface area contributed by atoms with E-state index in [4.69, 9.17) is 11.6 Å². The minimum Gasteiger partial charge on any atom is -0.289 e. The molecule has 0 unspecified atom stereocenters. The summed E-state index contributed by atoms with van der Waals surface area (Å²) < 4.78 is 0. The van der Waals surface area contributed by atoms with Crippen LogP contribution >= 0.6 is 11.6 Å². The van der Waals surface area contributed by atoms with Gasteiger partial charge in [-0.3, -0.25) is 4.79 Å². The molecule has 0 spiro atoms. The highest BCUT2D eigenvalue weighted by Crippen LogP contribution is 2.32. The van der Waals surface area contributed by atoms with Gasteiger partial charge in [0.15, 0.2) is 5.78 Å². The second kappa shape index (κ2) is 7.61. The Balaban J connectivity index is 1.68. The summed E-state index contributed by atoms with van der Waals surface area (Å²) in [6, 6.07) is 15.7. The maximum Gasteiger partial charge on any atom is 0.187 e. The SMILES string of the molecule is O=C(/C=C/c1ccc(C2CCCCC2)cc1)c1ccccc1Cl. The number of allylic oxidation sites excluding steroid dienone is 1. The zero-order valence-corrected chi connectivity index (χ0v) is 13.9. The van der Waals surface area contributed by atoms with Crippen molar-refractivity contribution in [1.82, 2.24) is 0 Å². The summed E-state index contributed by atoms with van der Waals surface area (Å²) in [5.74, 6) is 0.651. The van der Waals surface area contributed by atoms with Crippen molar-refractivity contribution in [3.05, 3.63) is 76.3 Å². The molecule has 2 heteroatoms. The number of rotatable bonds is 4. The van der Waals surface area contributed by atoms with Crippen LogP contribution in [0.4, 0.5) is 0 Å². The molecule has 0 atom stereocenters. The van der Waals surface area contributed by atoms with Crippen molar-refractivity contribution in [2.45, 2.75) is 38.0 Å². The molecule has 2 aromatic carbocycles. The van der Waals surface area contributed by atoms with E-state index in [0.29, 0.717) is 16.5 Å². The van der Waals surface area contributed by atoms with Gasteiger partial charge in [0.2, 0.25) is 0 Å². The molecule has 0 aromatic heterocycles. The summed E-state index contributed by atoms with van der Waals surface area (Å²) >= 11 is 6.05. The molecule has 1 nitrogen and oxygen atoms in total. The molecule has 0 heterocycles. The van der Waals surface area contributed by atoms with Gasteiger partial charge in [-0.05, 0) is 48.1 Å². The van der Waals surface area contributed by atoms with E-state index < -0.39 is 0 Å². The molecule has 0 radical (unpaired) electrons. The molecule has 0 bridgehead atoms. The Labute approximate surface area is 143 Å². The largest absolute Gasteiger partial charge is 0.289 e. The zero-order chi connectivity index (χ0) is 16.1. The lowest BCUT2D eigenvalue weighted by atomic mass is 9.84. The summed E-state index contributed by atoms with van der Waals surface area (Å²) in [4.78, 5) is 12.2. The molecule has 0 aliphatic heterocycles. The van der Waals surface area contributed by atoms with Crippen LogP contribution in [-0.4, -0.2) is 5.78 Å². The van der Waals surface area contributed by atoms with Crippen LogP contribution in [0.15, 0.2) is 54.6 Å². The van der Waals surface area contributed by atoms with Gasteiger partial charge in [-0.2, -0.15) is 0 Å². The van der Waals surface area contributed by atoms with Gasteiger partial charge >= 0.3 is 0 Å². The number of carbonyl (C=O) groups is 1. The van der Waals surface area contributed by atoms with Crippen LogP contribution in [0.5, 0.6) is 0 Å². The second-order valence-electron chi connectivity index (χ2n) is 6.18. The van der Waals surface area contributed by atoms with Gasteiger partial charge in [0.25, 0.3) is 0 Å². The lowest BCUT2D eigenvalue weighted by Gasteiger charge is -2.21. The third-order valence-electron chi connectivity index (χ3n) is 4.58. The number of carbonyl (C=O) groups excluding carboxylic acids is 1. The highest BCUT2D eigenvalue weighted by molar-refractivity contribution is 6.34. The van der Waals surface area contributed by atoms with Crippen LogP contribution in [0.25, 0.3) is 6.08 Å². The molecule has 1 aliphatic carbocycles. The molecule has 1 fully saturated rings. The molecule has 118 valence electrons. The van der Waals surface area contributed by atoms with Gasteiger partial charge in [-0.1, -0.05) is 73.3 Å². The molecule has 3 rings (SSSR count). The van der Waals surface area contributed by atoms with Crippen molar-refractivity contribution in [1.29, 1.82) is 0 Å². The van der Waals surface area contributed by atoms with E-state index in [2.05, 4.69) is 24.3 Å². The van der Waals surface area contributed by atoms with Crippen LogP contribution < -0.4 is 0 Å². The highest BCUT2D eigenvalue weighted by atomic mass is 35.5. The van der Waals surface area contributed by atoms with Gasteiger partial charge in [0, 0.05) is 5.56 Å². The molecular formula is C21H21ClO. The molecule has 2 aromatic rings. The quantitative estimate of drug-likeness (QED) is 0.477. The van der Waals surface area contributed by atoms with Gasteiger partial charge < -0.3 is 0 Å². The van der Waals surface area contributed by atoms with Crippen molar-refractivity contribution in [3.8, 4) is 0 Å². The highest BCUT2D eigenvalue weighted by Gasteiger charge is 2.14. The summed E-state index contributed by atoms with van der Waals surface area (Å²) in [6.45, 7) is 0. The van der Waals surface area contributed by atoms with E-state index in [9.17, 15) is 4.79 Å². The van der Waals surface area contributed by atoms with Crippen molar-refractivity contribution >= 4 is 23.5 Å². The van der Waals surface area contributed by atoms with E-state index in [1.807, 2.05) is 18.2 Å². The van der Waals surface area contributed by atoms with Crippen molar-refractivity contribution in [3.63, 3.8) is 0 Å². The topological polar surface area (TPSA) is 17.1 Å². The number of hydrogen-bond acceptors (Lipinski definition) is 1. The number of ketones is 1. The lowest BCUT2D eigenvalue weighted by molar-refractivity contribution is 0.104. The predicted molar refractivity (Wildman–Crippen MR) is 97.1 cm³/mol. The molecular weight excluding hydrogens is 304 g/mol. The molecule has 0 N–H and O–H groups in total. The Morgan fingerprint density at radius 1 is 0.957 bits per heavy atom. The first-order valence-electron chi connectivity index (χ1n) is 8.31. The lowest BCUT2D eigenvalue weighted by Crippen LogP contribution is -2.04. The minimum absolute atomic E-state index is 0.0630. The Bertz CT molecular complexity index is 694. The van der Waals surface area contributed by atoms with Crippen LogP contribution in [0.2, 0.25) is 5.02 Å². The summed E-state index contributed by atoms with van der Waals surface area (Å²) in [5.41, 5.74) is 3.02. The monoisotopic (exact) mass is 324 g/mol. The summed E-state index contributed by atoms with van der Waals surface area (Å²) in [6.07, 6.45) is 10.1. The smallest absolute Gasteiger partial charge is 0.187 e. The third kappa shape index (κ3) is 4.11. The minimum atomic E-state index is -0.0630. The fourth-order valence-electron chi connectivity index (χ4n) is 3.24. The molecule has 23 heavy (non-hydrogen) atoms. The van der Waals surface area contributed by atoms with Crippen LogP contribution in [0, 0.1) is 0 Å². The van der Waals surface area contributed by atoms with E-state index in [-0.39, 0.29) is 5.78 Å². The van der Waals surface area contributed by atoms with Crippen molar-refractivity contribution in [2.75, 3.05) is 0 Å². The Kier molecular flexibility index (Phi) is 5.30. The standard InChI is InChI=1S/C21H21ClO/c22-20-9-5-4-8-19(20)21(23)15-12-16-10-13-18(14-11-16)17-6-2-1-3-7-17/h4-5,8-15,17H,1-3,6-7H2/b15-12+. The first kappa shape index (κ1) is 16.0. The van der Waals surface area contributed by atoms with E-state index in [1.165, 1.54) is 37.7 Å². The molecule has 0 saturated heterocycles. The number of hydrogen-bond donors (Lipinski definition) is 0. The predicted octanol–water partition coefficient (Wildman–Crippen LogP) is 6.28. The van der Waals surface area contributed by atoms with Crippen LogP contribution in [-0.2, 0) is 0 Å². The van der Waals surface area contributed by atoms with E-state index >= 15 is 0 Å². The fourth-order valence-corrected chi connectivity index (χ4v) is 3.47. The molecule has 0 amide bonds. The maximum atomic E-state index is 12.2. The van der Waals surface area contributed by atoms with Crippen molar-refractivity contribution in [2.24, 2.45) is 0 Å². The molecule has 1 saturated carbocycles. The van der Waals surface area contributed by atoms with Gasteiger partial charge in [-0.15, -0.1) is 0 Å². The van der Waals surface area contributed by atoms with E-state index in [1.54, 1.807) is 18.2 Å². The molecule has 1 aliphatic rings. The third-order valence-corrected chi connectivity index (χ3v) is 4.91.